The highest BCUT2D eigenvalue weighted by Gasteiger charge is 2.27. The maximum absolute atomic E-state index is 11.8. The molecule has 0 radical (unpaired) electrons. The largest absolute Gasteiger partial charge is 0.411 e. The van der Waals surface area contributed by atoms with Crippen LogP contribution >= 0.6 is 11.6 Å². The number of benzene rings is 1. The number of halogens is 4. The summed E-state index contributed by atoms with van der Waals surface area (Å²) in [5.74, 6) is 0. The lowest BCUT2D eigenvalue weighted by atomic mass is 10.1. The Balaban J connectivity index is 2.16. The Bertz CT molecular complexity index is 384. The molecule has 0 amide bonds. The van der Waals surface area contributed by atoms with E-state index >= 15 is 0 Å². The van der Waals surface area contributed by atoms with E-state index in [1.54, 1.807) is 6.07 Å². The van der Waals surface area contributed by atoms with Gasteiger partial charge in [-0.05, 0) is 37.6 Å². The molecule has 0 aliphatic carbocycles. The first-order chi connectivity index (χ1) is 8.88. The predicted molar refractivity (Wildman–Crippen MR) is 69.4 cm³/mol. The molecule has 0 fully saturated rings. The predicted octanol–water partition coefficient (Wildman–Crippen LogP) is 3.96. The van der Waals surface area contributed by atoms with Crippen LogP contribution in [0.3, 0.4) is 0 Å². The highest BCUT2D eigenvalue weighted by molar-refractivity contribution is 6.30. The van der Waals surface area contributed by atoms with Gasteiger partial charge in [-0.1, -0.05) is 23.7 Å². The van der Waals surface area contributed by atoms with Gasteiger partial charge in [0.25, 0.3) is 0 Å². The van der Waals surface area contributed by atoms with Crippen molar-refractivity contribution in [1.82, 2.24) is 5.32 Å². The monoisotopic (exact) mass is 295 g/mol. The van der Waals surface area contributed by atoms with Crippen LogP contribution in [0.5, 0.6) is 0 Å². The quantitative estimate of drug-likeness (QED) is 0.769. The molecule has 1 N–H and O–H groups in total. The summed E-state index contributed by atoms with van der Waals surface area (Å²) in [6.45, 7) is 1.47. The summed E-state index contributed by atoms with van der Waals surface area (Å²) < 4.78 is 39.9. The van der Waals surface area contributed by atoms with Crippen molar-refractivity contribution in [2.45, 2.75) is 25.6 Å². The fourth-order valence-electron chi connectivity index (χ4n) is 1.57. The van der Waals surface area contributed by atoms with E-state index in [0.717, 1.165) is 5.56 Å². The number of ether oxygens (including phenoxy) is 1. The Morgan fingerprint density at radius 3 is 2.74 bits per heavy atom. The van der Waals surface area contributed by atoms with Crippen LogP contribution in [-0.4, -0.2) is 25.9 Å². The summed E-state index contributed by atoms with van der Waals surface area (Å²) >= 11 is 5.88. The zero-order chi connectivity index (χ0) is 14.3. The van der Waals surface area contributed by atoms with Gasteiger partial charge in [-0.3, -0.25) is 0 Å². The molecule has 0 spiro atoms. The highest BCUT2D eigenvalue weighted by Crippen LogP contribution is 2.17. The first kappa shape index (κ1) is 16.3. The van der Waals surface area contributed by atoms with Crippen molar-refractivity contribution in [3.63, 3.8) is 0 Å². The van der Waals surface area contributed by atoms with Gasteiger partial charge in [0.15, 0.2) is 0 Å². The smallest absolute Gasteiger partial charge is 0.372 e. The van der Waals surface area contributed by atoms with Crippen LogP contribution in [0.1, 0.15) is 24.9 Å². The fourth-order valence-corrected chi connectivity index (χ4v) is 1.77. The third-order valence-corrected chi connectivity index (χ3v) is 2.77. The van der Waals surface area contributed by atoms with Crippen LogP contribution in [0.15, 0.2) is 24.3 Å². The molecular formula is C13H17ClF3NO. The molecule has 6 heteroatoms. The van der Waals surface area contributed by atoms with Gasteiger partial charge in [0.1, 0.15) is 6.61 Å². The number of alkyl halides is 3. The average molecular weight is 296 g/mol. The number of rotatable bonds is 7. The average Bonchev–Trinajstić information content (AvgIpc) is 2.32. The Kier molecular flexibility index (Phi) is 6.62. The van der Waals surface area contributed by atoms with Crippen molar-refractivity contribution >= 4 is 11.6 Å². The number of nitrogens with one attached hydrogen (secondary N) is 1. The van der Waals surface area contributed by atoms with Crippen molar-refractivity contribution in [2.75, 3.05) is 19.8 Å². The minimum absolute atomic E-state index is 0.0920. The molecule has 0 aliphatic rings. The Hall–Kier alpha value is -0.780. The lowest BCUT2D eigenvalue weighted by molar-refractivity contribution is -0.173. The molecule has 19 heavy (non-hydrogen) atoms. The Morgan fingerprint density at radius 1 is 1.37 bits per heavy atom. The lowest BCUT2D eigenvalue weighted by Gasteiger charge is -2.14. The summed E-state index contributed by atoms with van der Waals surface area (Å²) in [7, 11) is 0. The molecule has 0 heterocycles. The van der Waals surface area contributed by atoms with Gasteiger partial charge in [0.2, 0.25) is 0 Å². The van der Waals surface area contributed by atoms with Crippen LogP contribution in [0.25, 0.3) is 0 Å². The van der Waals surface area contributed by atoms with E-state index in [4.69, 9.17) is 11.6 Å². The number of hydrogen-bond acceptors (Lipinski definition) is 2. The van der Waals surface area contributed by atoms with Crippen LogP contribution in [0.2, 0.25) is 5.02 Å². The minimum atomic E-state index is -4.25. The molecule has 108 valence electrons. The summed E-state index contributed by atoms with van der Waals surface area (Å²) in [5.41, 5.74) is 1.05. The zero-order valence-corrected chi connectivity index (χ0v) is 11.4. The molecule has 2 nitrogen and oxygen atoms in total. The molecule has 0 unspecified atom stereocenters. The van der Waals surface area contributed by atoms with E-state index in [2.05, 4.69) is 10.1 Å². The zero-order valence-electron chi connectivity index (χ0n) is 10.6. The van der Waals surface area contributed by atoms with Gasteiger partial charge >= 0.3 is 6.18 Å². The summed E-state index contributed by atoms with van der Waals surface area (Å²) in [5, 5.41) is 3.87. The van der Waals surface area contributed by atoms with Crippen molar-refractivity contribution in [3.05, 3.63) is 34.9 Å². The van der Waals surface area contributed by atoms with Crippen LogP contribution in [-0.2, 0) is 4.74 Å². The third kappa shape index (κ3) is 7.40. The lowest BCUT2D eigenvalue weighted by Crippen LogP contribution is -2.22. The van der Waals surface area contributed by atoms with E-state index in [9.17, 15) is 13.2 Å². The highest BCUT2D eigenvalue weighted by atomic mass is 35.5. The SMILES string of the molecule is C[C@@H](NCCCOCC(F)(F)F)c1cccc(Cl)c1. The third-order valence-electron chi connectivity index (χ3n) is 2.53. The van der Waals surface area contributed by atoms with Gasteiger partial charge in [-0.2, -0.15) is 13.2 Å². The van der Waals surface area contributed by atoms with Gasteiger partial charge in [0, 0.05) is 17.7 Å². The van der Waals surface area contributed by atoms with Crippen LogP contribution < -0.4 is 5.32 Å². The van der Waals surface area contributed by atoms with Crippen LogP contribution in [0.4, 0.5) is 13.2 Å². The van der Waals surface area contributed by atoms with E-state index in [1.807, 2.05) is 25.1 Å². The molecule has 1 rings (SSSR count). The maximum Gasteiger partial charge on any atom is 0.411 e. The molecule has 1 aromatic rings. The minimum Gasteiger partial charge on any atom is -0.372 e. The van der Waals surface area contributed by atoms with Crippen molar-refractivity contribution in [1.29, 1.82) is 0 Å². The normalized spacial score (nSPS) is 13.5. The summed E-state index contributed by atoms with van der Waals surface area (Å²) in [6.07, 6.45) is -3.72. The van der Waals surface area contributed by atoms with Gasteiger partial charge in [-0.25, -0.2) is 0 Å². The second-order valence-electron chi connectivity index (χ2n) is 4.25. The second kappa shape index (κ2) is 7.72. The van der Waals surface area contributed by atoms with E-state index in [0.29, 0.717) is 18.0 Å². The number of hydrogen-bond donors (Lipinski definition) is 1. The van der Waals surface area contributed by atoms with Crippen molar-refractivity contribution < 1.29 is 17.9 Å². The molecule has 0 saturated carbocycles. The Morgan fingerprint density at radius 2 is 2.11 bits per heavy atom. The molecule has 1 aromatic carbocycles. The van der Waals surface area contributed by atoms with Crippen molar-refractivity contribution in [2.24, 2.45) is 0 Å². The molecule has 0 aromatic heterocycles. The van der Waals surface area contributed by atoms with Gasteiger partial charge in [-0.15, -0.1) is 0 Å². The van der Waals surface area contributed by atoms with Crippen LogP contribution in [0, 0.1) is 0 Å². The maximum atomic E-state index is 11.8. The fraction of sp³-hybridized carbons (Fsp3) is 0.538. The summed E-state index contributed by atoms with van der Waals surface area (Å²) in [6, 6.07) is 7.56. The first-order valence-electron chi connectivity index (χ1n) is 6.02. The standard InChI is InChI=1S/C13H17ClF3NO/c1-10(11-4-2-5-12(14)8-11)18-6-3-7-19-9-13(15,16)17/h2,4-5,8,10,18H,3,6-7,9H2,1H3/t10-/m1/s1. The second-order valence-corrected chi connectivity index (χ2v) is 4.69. The molecular weight excluding hydrogens is 279 g/mol. The van der Waals surface area contributed by atoms with E-state index in [1.165, 1.54) is 0 Å². The molecule has 0 aliphatic heterocycles. The van der Waals surface area contributed by atoms with E-state index < -0.39 is 12.8 Å². The van der Waals surface area contributed by atoms with Gasteiger partial charge < -0.3 is 10.1 Å². The molecule has 0 saturated heterocycles. The van der Waals surface area contributed by atoms with Gasteiger partial charge in [0.05, 0.1) is 0 Å². The topological polar surface area (TPSA) is 21.3 Å². The van der Waals surface area contributed by atoms with Crippen molar-refractivity contribution in [3.8, 4) is 0 Å². The molecule has 1 atom stereocenters. The Labute approximate surface area is 115 Å². The summed E-state index contributed by atoms with van der Waals surface area (Å²) in [4.78, 5) is 0. The first-order valence-corrected chi connectivity index (χ1v) is 6.39. The molecule has 0 bridgehead atoms. The van der Waals surface area contributed by atoms with E-state index in [-0.39, 0.29) is 12.6 Å².